The highest BCUT2D eigenvalue weighted by Crippen LogP contribution is 2.43. The smallest absolute Gasteiger partial charge is 0.123 e. The molecule has 4 heteroatoms. The summed E-state index contributed by atoms with van der Waals surface area (Å²) in [5.74, 6) is 0.447. The van der Waals surface area contributed by atoms with E-state index < -0.39 is 0 Å². The summed E-state index contributed by atoms with van der Waals surface area (Å²) in [6.07, 6.45) is 0. The lowest BCUT2D eigenvalue weighted by Crippen LogP contribution is -2.47. The van der Waals surface area contributed by atoms with Crippen molar-refractivity contribution in [3.8, 4) is 5.75 Å². The van der Waals surface area contributed by atoms with Gasteiger partial charge < -0.3 is 10.0 Å². The SMILES string of the molecule is CN(C)c1ccc([C@H](c2cc(C(C)(C)C)c(O)c(C(C)(C)C)c2)N2CCN(Cc3ccccc3)CC2)cc1. The molecule has 204 valence electrons. The molecule has 0 saturated carbocycles. The van der Waals surface area contributed by atoms with Gasteiger partial charge in [-0.05, 0) is 62.9 Å². The monoisotopic (exact) mass is 513 g/mol. The van der Waals surface area contributed by atoms with E-state index in [4.69, 9.17) is 0 Å². The number of anilines is 1. The fraction of sp³-hybridized carbons (Fsp3) is 0.471. The van der Waals surface area contributed by atoms with Crippen LogP contribution in [0.3, 0.4) is 0 Å². The highest BCUT2D eigenvalue weighted by atomic mass is 16.3. The van der Waals surface area contributed by atoms with Crippen molar-refractivity contribution in [2.75, 3.05) is 45.2 Å². The van der Waals surface area contributed by atoms with Crippen molar-refractivity contribution in [3.05, 3.63) is 94.5 Å². The van der Waals surface area contributed by atoms with E-state index in [1.807, 2.05) is 0 Å². The van der Waals surface area contributed by atoms with Gasteiger partial charge in [0, 0.05) is 52.5 Å². The third-order valence-electron chi connectivity index (χ3n) is 7.81. The molecule has 1 aliphatic rings. The Bertz CT molecular complexity index is 1160. The normalized spacial score (nSPS) is 16.4. The molecule has 4 nitrogen and oxygen atoms in total. The predicted octanol–water partition coefficient (Wildman–Crippen LogP) is 6.96. The summed E-state index contributed by atoms with van der Waals surface area (Å²) in [5.41, 5.74) is 6.89. The molecule has 1 aliphatic heterocycles. The van der Waals surface area contributed by atoms with Gasteiger partial charge in [-0.25, -0.2) is 0 Å². The lowest BCUT2D eigenvalue weighted by molar-refractivity contribution is 0.105. The van der Waals surface area contributed by atoms with Gasteiger partial charge >= 0.3 is 0 Å². The average Bonchev–Trinajstić information content (AvgIpc) is 2.85. The minimum atomic E-state index is -0.159. The van der Waals surface area contributed by atoms with Gasteiger partial charge in [-0.3, -0.25) is 9.80 Å². The molecule has 1 saturated heterocycles. The zero-order chi connectivity index (χ0) is 27.7. The topological polar surface area (TPSA) is 30.0 Å². The minimum Gasteiger partial charge on any atom is -0.507 e. The summed E-state index contributed by atoms with van der Waals surface area (Å²) in [4.78, 5) is 7.35. The average molecular weight is 514 g/mol. The molecule has 0 bridgehead atoms. The molecule has 1 atom stereocenters. The molecule has 0 aromatic heterocycles. The van der Waals surface area contributed by atoms with E-state index in [2.05, 4.69) is 137 Å². The molecule has 0 amide bonds. The summed E-state index contributed by atoms with van der Waals surface area (Å²) in [6, 6.07) is 24.5. The first kappa shape index (κ1) is 28.2. The third kappa shape index (κ3) is 6.42. The van der Waals surface area contributed by atoms with E-state index in [-0.39, 0.29) is 16.9 Å². The first-order valence-corrected chi connectivity index (χ1v) is 14.0. The predicted molar refractivity (Wildman–Crippen MR) is 161 cm³/mol. The number of piperazine rings is 1. The molecular formula is C34H47N3O. The first-order chi connectivity index (χ1) is 17.8. The van der Waals surface area contributed by atoms with Crippen LogP contribution in [0.4, 0.5) is 5.69 Å². The molecule has 4 rings (SSSR count). The second-order valence-electron chi connectivity index (χ2n) is 13.2. The standard InChI is InChI=1S/C34H47N3O/c1-33(2,3)29-22-27(23-30(32(29)38)34(4,5)6)31(26-14-16-28(17-15-26)35(7)8)37-20-18-36(19-21-37)24-25-12-10-9-11-13-25/h9-17,22-23,31,38H,18-21,24H2,1-8H3/t31-/m1/s1. The fourth-order valence-electron chi connectivity index (χ4n) is 5.55. The van der Waals surface area contributed by atoms with Gasteiger partial charge in [0.2, 0.25) is 0 Å². The zero-order valence-corrected chi connectivity index (χ0v) is 24.8. The van der Waals surface area contributed by atoms with E-state index in [9.17, 15) is 5.11 Å². The van der Waals surface area contributed by atoms with Crippen LogP contribution in [0.5, 0.6) is 5.75 Å². The summed E-state index contributed by atoms with van der Waals surface area (Å²) < 4.78 is 0. The molecule has 0 spiro atoms. The molecule has 0 radical (unpaired) electrons. The zero-order valence-electron chi connectivity index (χ0n) is 24.8. The van der Waals surface area contributed by atoms with Gasteiger partial charge in [-0.2, -0.15) is 0 Å². The van der Waals surface area contributed by atoms with Crippen LogP contribution in [0.2, 0.25) is 0 Å². The molecule has 0 unspecified atom stereocenters. The maximum Gasteiger partial charge on any atom is 0.123 e. The van der Waals surface area contributed by atoms with E-state index >= 15 is 0 Å². The minimum absolute atomic E-state index is 0.132. The third-order valence-corrected chi connectivity index (χ3v) is 7.81. The largest absolute Gasteiger partial charge is 0.507 e. The molecule has 0 aliphatic carbocycles. The van der Waals surface area contributed by atoms with Gasteiger partial charge in [-0.15, -0.1) is 0 Å². The summed E-state index contributed by atoms with van der Waals surface area (Å²) in [7, 11) is 4.17. The van der Waals surface area contributed by atoms with Crippen LogP contribution in [0.25, 0.3) is 0 Å². The van der Waals surface area contributed by atoms with Crippen LogP contribution in [0, 0.1) is 0 Å². The maximum atomic E-state index is 11.4. The van der Waals surface area contributed by atoms with Crippen molar-refractivity contribution < 1.29 is 5.11 Å². The number of hydrogen-bond acceptors (Lipinski definition) is 4. The van der Waals surface area contributed by atoms with Crippen molar-refractivity contribution in [1.29, 1.82) is 0 Å². The Labute approximate surface area is 230 Å². The van der Waals surface area contributed by atoms with Gasteiger partial charge in [0.05, 0.1) is 6.04 Å². The van der Waals surface area contributed by atoms with E-state index in [0.29, 0.717) is 5.75 Å². The Balaban J connectivity index is 1.73. The van der Waals surface area contributed by atoms with Gasteiger partial charge in [-0.1, -0.05) is 84.0 Å². The summed E-state index contributed by atoms with van der Waals surface area (Å²) in [6.45, 7) is 18.3. The van der Waals surface area contributed by atoms with Crippen molar-refractivity contribution >= 4 is 5.69 Å². The fourth-order valence-corrected chi connectivity index (χ4v) is 5.55. The Morgan fingerprint density at radius 3 is 1.74 bits per heavy atom. The lowest BCUT2D eigenvalue weighted by Gasteiger charge is -2.40. The quantitative estimate of drug-likeness (QED) is 0.386. The van der Waals surface area contributed by atoms with E-state index in [0.717, 1.165) is 43.9 Å². The summed E-state index contributed by atoms with van der Waals surface area (Å²) in [5, 5.41) is 11.4. The van der Waals surface area contributed by atoms with Gasteiger partial charge in [0.25, 0.3) is 0 Å². The lowest BCUT2D eigenvalue weighted by atomic mass is 9.77. The number of hydrogen-bond donors (Lipinski definition) is 1. The van der Waals surface area contributed by atoms with Crippen LogP contribution in [-0.2, 0) is 17.4 Å². The van der Waals surface area contributed by atoms with E-state index in [1.165, 1.54) is 22.4 Å². The molecule has 3 aromatic rings. The highest BCUT2D eigenvalue weighted by Gasteiger charge is 2.32. The van der Waals surface area contributed by atoms with Crippen LogP contribution < -0.4 is 4.90 Å². The number of aromatic hydroxyl groups is 1. The Morgan fingerprint density at radius 1 is 0.737 bits per heavy atom. The molecular weight excluding hydrogens is 466 g/mol. The summed E-state index contributed by atoms with van der Waals surface area (Å²) >= 11 is 0. The van der Waals surface area contributed by atoms with Crippen molar-refractivity contribution in [2.45, 2.75) is 65.0 Å². The second kappa shape index (κ2) is 11.1. The molecule has 38 heavy (non-hydrogen) atoms. The first-order valence-electron chi connectivity index (χ1n) is 14.0. The maximum absolute atomic E-state index is 11.4. The Hall–Kier alpha value is -2.82. The van der Waals surface area contributed by atoms with Crippen LogP contribution in [0.1, 0.15) is 75.4 Å². The second-order valence-corrected chi connectivity index (χ2v) is 13.2. The number of phenolic OH excluding ortho intramolecular Hbond substituents is 1. The van der Waals surface area contributed by atoms with Crippen molar-refractivity contribution in [3.63, 3.8) is 0 Å². The van der Waals surface area contributed by atoms with Crippen molar-refractivity contribution in [1.82, 2.24) is 9.80 Å². The number of benzene rings is 3. The Kier molecular flexibility index (Phi) is 8.25. The molecule has 1 fully saturated rings. The number of phenols is 1. The molecule has 1 N–H and O–H groups in total. The number of nitrogens with zero attached hydrogens (tertiary/aromatic N) is 3. The van der Waals surface area contributed by atoms with Crippen LogP contribution >= 0.6 is 0 Å². The van der Waals surface area contributed by atoms with Crippen LogP contribution in [0.15, 0.2) is 66.7 Å². The molecule has 1 heterocycles. The van der Waals surface area contributed by atoms with Crippen LogP contribution in [-0.4, -0.2) is 55.2 Å². The van der Waals surface area contributed by atoms with E-state index in [1.54, 1.807) is 0 Å². The highest BCUT2D eigenvalue weighted by molar-refractivity contribution is 5.53. The molecule has 3 aromatic carbocycles. The van der Waals surface area contributed by atoms with Gasteiger partial charge in [0.1, 0.15) is 5.75 Å². The van der Waals surface area contributed by atoms with Crippen molar-refractivity contribution in [2.24, 2.45) is 0 Å². The van der Waals surface area contributed by atoms with Gasteiger partial charge in [0.15, 0.2) is 0 Å². The Morgan fingerprint density at radius 2 is 1.26 bits per heavy atom. The number of rotatable bonds is 6.